The molecule has 138 valence electrons. The highest BCUT2D eigenvalue weighted by atomic mass is 35.5. The summed E-state index contributed by atoms with van der Waals surface area (Å²) in [5.74, 6) is -0.373. The third-order valence-corrected chi connectivity index (χ3v) is 5.43. The zero-order chi connectivity index (χ0) is 19.3. The molecule has 2 rings (SSSR count). The van der Waals surface area contributed by atoms with Crippen molar-refractivity contribution in [2.75, 3.05) is 11.9 Å². The maximum atomic E-state index is 12.1. The standard InChI is InChI=1S/C16H16ClN3O5S/c1-11-14(17)3-2-4-15(11)19-16(21)9-10-18-26(24,25)13-7-5-12(6-8-13)20(22)23/h2-8,18H,9-10H2,1H3,(H,19,21). The predicted molar refractivity (Wildman–Crippen MR) is 97.7 cm³/mol. The van der Waals surface area contributed by atoms with E-state index in [0.29, 0.717) is 16.3 Å². The monoisotopic (exact) mass is 397 g/mol. The molecule has 0 saturated heterocycles. The van der Waals surface area contributed by atoms with E-state index >= 15 is 0 Å². The number of benzene rings is 2. The number of nitrogens with zero attached hydrogens (tertiary/aromatic N) is 1. The fraction of sp³-hybridized carbons (Fsp3) is 0.188. The van der Waals surface area contributed by atoms with Crippen molar-refractivity contribution in [3.05, 3.63) is 63.2 Å². The second kappa shape index (κ2) is 8.26. The molecule has 0 radical (unpaired) electrons. The van der Waals surface area contributed by atoms with Crippen molar-refractivity contribution in [3.63, 3.8) is 0 Å². The van der Waals surface area contributed by atoms with Gasteiger partial charge in [0.05, 0.1) is 9.82 Å². The van der Waals surface area contributed by atoms with Crippen LogP contribution in [-0.2, 0) is 14.8 Å². The van der Waals surface area contributed by atoms with Crippen LogP contribution < -0.4 is 10.0 Å². The minimum atomic E-state index is -3.86. The van der Waals surface area contributed by atoms with Crippen molar-refractivity contribution in [1.82, 2.24) is 4.72 Å². The Hall–Kier alpha value is -2.49. The van der Waals surface area contributed by atoms with E-state index in [1.165, 1.54) is 0 Å². The van der Waals surface area contributed by atoms with E-state index in [9.17, 15) is 23.3 Å². The molecule has 2 N–H and O–H groups in total. The lowest BCUT2D eigenvalue weighted by Gasteiger charge is -2.10. The molecule has 0 aromatic heterocycles. The summed E-state index contributed by atoms with van der Waals surface area (Å²) in [6.07, 6.45) is -0.0852. The molecule has 0 aliphatic rings. The molecule has 10 heteroatoms. The number of rotatable bonds is 7. The van der Waals surface area contributed by atoms with Crippen molar-refractivity contribution in [2.24, 2.45) is 0 Å². The molecular weight excluding hydrogens is 382 g/mol. The summed E-state index contributed by atoms with van der Waals surface area (Å²) >= 11 is 5.97. The van der Waals surface area contributed by atoms with E-state index in [1.54, 1.807) is 25.1 Å². The largest absolute Gasteiger partial charge is 0.326 e. The van der Waals surface area contributed by atoms with Crippen LogP contribution in [0.5, 0.6) is 0 Å². The maximum absolute atomic E-state index is 12.1. The minimum absolute atomic E-state index is 0.0852. The van der Waals surface area contributed by atoms with Gasteiger partial charge >= 0.3 is 0 Å². The van der Waals surface area contributed by atoms with Crippen molar-refractivity contribution in [2.45, 2.75) is 18.2 Å². The number of nitrogens with one attached hydrogen (secondary N) is 2. The van der Waals surface area contributed by atoms with Gasteiger partial charge in [-0.15, -0.1) is 0 Å². The number of carbonyl (C=O) groups excluding carboxylic acids is 1. The molecule has 0 aliphatic heterocycles. The van der Waals surface area contributed by atoms with Gasteiger partial charge in [0.1, 0.15) is 0 Å². The lowest BCUT2D eigenvalue weighted by molar-refractivity contribution is -0.384. The smallest absolute Gasteiger partial charge is 0.269 e. The van der Waals surface area contributed by atoms with Gasteiger partial charge in [-0.2, -0.15) is 0 Å². The van der Waals surface area contributed by atoms with Crippen LogP contribution in [0.25, 0.3) is 0 Å². The van der Waals surface area contributed by atoms with Crippen molar-refractivity contribution < 1.29 is 18.1 Å². The Morgan fingerprint density at radius 1 is 1.19 bits per heavy atom. The zero-order valence-corrected chi connectivity index (χ0v) is 15.3. The molecule has 0 atom stereocenters. The van der Waals surface area contributed by atoms with Gasteiger partial charge in [0.15, 0.2) is 0 Å². The SMILES string of the molecule is Cc1c(Cl)cccc1NC(=O)CCNS(=O)(=O)c1ccc([N+](=O)[O-])cc1. The number of nitro groups is 1. The van der Waals surface area contributed by atoms with E-state index in [4.69, 9.17) is 11.6 Å². The number of hydrogen-bond donors (Lipinski definition) is 2. The van der Waals surface area contributed by atoms with Crippen LogP contribution >= 0.6 is 11.6 Å². The lowest BCUT2D eigenvalue weighted by Crippen LogP contribution is -2.28. The first-order chi connectivity index (χ1) is 12.2. The normalized spacial score (nSPS) is 11.2. The predicted octanol–water partition coefficient (Wildman–Crippen LogP) is 2.86. The minimum Gasteiger partial charge on any atom is -0.326 e. The van der Waals surface area contributed by atoms with E-state index in [2.05, 4.69) is 10.0 Å². The maximum Gasteiger partial charge on any atom is 0.269 e. The molecule has 26 heavy (non-hydrogen) atoms. The van der Waals surface area contributed by atoms with Gasteiger partial charge in [-0.1, -0.05) is 17.7 Å². The van der Waals surface area contributed by atoms with Crippen LogP contribution in [0.4, 0.5) is 11.4 Å². The Bertz CT molecular complexity index is 929. The molecule has 2 aromatic carbocycles. The van der Waals surface area contributed by atoms with Gasteiger partial charge < -0.3 is 5.32 Å². The van der Waals surface area contributed by atoms with E-state index in [1.807, 2.05) is 0 Å². The first kappa shape index (κ1) is 19.8. The number of hydrogen-bond acceptors (Lipinski definition) is 5. The van der Waals surface area contributed by atoms with Crippen molar-refractivity contribution >= 4 is 38.9 Å². The third kappa shape index (κ3) is 5.01. The van der Waals surface area contributed by atoms with Crippen LogP contribution in [0.15, 0.2) is 47.4 Å². The second-order valence-electron chi connectivity index (χ2n) is 5.36. The Kier molecular flexibility index (Phi) is 6.30. The molecule has 1 amide bonds. The molecule has 0 bridgehead atoms. The number of anilines is 1. The first-order valence-corrected chi connectivity index (χ1v) is 9.36. The Morgan fingerprint density at radius 3 is 2.46 bits per heavy atom. The summed E-state index contributed by atoms with van der Waals surface area (Å²) in [5, 5.41) is 13.8. The molecule has 0 fully saturated rings. The summed E-state index contributed by atoms with van der Waals surface area (Å²) in [5.41, 5.74) is 1.06. The average molecular weight is 398 g/mol. The Balaban J connectivity index is 1.92. The van der Waals surface area contributed by atoms with Gasteiger partial charge in [0.2, 0.25) is 15.9 Å². The lowest BCUT2D eigenvalue weighted by atomic mass is 10.2. The zero-order valence-electron chi connectivity index (χ0n) is 13.7. The topological polar surface area (TPSA) is 118 Å². The third-order valence-electron chi connectivity index (χ3n) is 3.54. The summed E-state index contributed by atoms with van der Waals surface area (Å²) < 4.78 is 26.5. The number of sulfonamides is 1. The van der Waals surface area contributed by atoms with Gasteiger partial charge in [-0.25, -0.2) is 13.1 Å². The molecule has 8 nitrogen and oxygen atoms in total. The van der Waals surface area contributed by atoms with Crippen LogP contribution in [0.2, 0.25) is 5.02 Å². The highest BCUT2D eigenvalue weighted by Gasteiger charge is 2.16. The number of carbonyl (C=O) groups is 1. The average Bonchev–Trinajstić information content (AvgIpc) is 2.59. The fourth-order valence-electron chi connectivity index (χ4n) is 2.08. The quantitative estimate of drug-likeness (QED) is 0.550. The van der Waals surface area contributed by atoms with Crippen molar-refractivity contribution in [1.29, 1.82) is 0 Å². The fourth-order valence-corrected chi connectivity index (χ4v) is 3.29. The van der Waals surface area contributed by atoms with Crippen molar-refractivity contribution in [3.8, 4) is 0 Å². The molecule has 2 aromatic rings. The molecule has 0 heterocycles. The van der Waals surface area contributed by atoms with Gasteiger partial charge in [-0.05, 0) is 36.8 Å². The van der Waals surface area contributed by atoms with Crippen LogP contribution in [0, 0.1) is 17.0 Å². The molecule has 0 spiro atoms. The Labute approximate surface area is 155 Å². The first-order valence-electron chi connectivity index (χ1n) is 7.50. The van der Waals surface area contributed by atoms with E-state index < -0.39 is 14.9 Å². The van der Waals surface area contributed by atoms with E-state index in [0.717, 1.165) is 24.3 Å². The number of amides is 1. The number of halogens is 1. The molecular formula is C16H16ClN3O5S. The van der Waals surface area contributed by atoms with Crippen LogP contribution in [0.1, 0.15) is 12.0 Å². The second-order valence-corrected chi connectivity index (χ2v) is 7.53. The Morgan fingerprint density at radius 2 is 1.85 bits per heavy atom. The summed E-state index contributed by atoms with van der Waals surface area (Å²) in [6.45, 7) is 1.64. The number of nitro benzene ring substituents is 1. The summed E-state index contributed by atoms with van der Waals surface area (Å²) in [7, 11) is -3.86. The highest BCUT2D eigenvalue weighted by Crippen LogP contribution is 2.23. The van der Waals surface area contributed by atoms with E-state index in [-0.39, 0.29) is 29.5 Å². The highest BCUT2D eigenvalue weighted by molar-refractivity contribution is 7.89. The van der Waals surface area contributed by atoms with Crippen LogP contribution in [0.3, 0.4) is 0 Å². The number of non-ortho nitro benzene ring substituents is 1. The summed E-state index contributed by atoms with van der Waals surface area (Å²) in [4.78, 5) is 21.8. The van der Waals surface area contributed by atoms with Crippen LogP contribution in [-0.4, -0.2) is 25.8 Å². The summed E-state index contributed by atoms with van der Waals surface area (Å²) in [6, 6.07) is 9.56. The van der Waals surface area contributed by atoms with Gasteiger partial charge in [0.25, 0.3) is 5.69 Å². The van der Waals surface area contributed by atoms with Gasteiger partial charge in [0, 0.05) is 35.8 Å². The molecule has 0 saturated carbocycles. The van der Waals surface area contributed by atoms with Gasteiger partial charge in [-0.3, -0.25) is 14.9 Å². The molecule has 0 aliphatic carbocycles. The molecule has 0 unspecified atom stereocenters.